The van der Waals surface area contributed by atoms with E-state index in [2.05, 4.69) is 30.9 Å². The molecule has 1 aromatic carbocycles. The normalized spacial score (nSPS) is 10.5. The van der Waals surface area contributed by atoms with Crippen LogP contribution >= 0.6 is 11.3 Å². The maximum atomic E-state index is 12.0. The second kappa shape index (κ2) is 5.29. The van der Waals surface area contributed by atoms with E-state index in [-0.39, 0.29) is 17.4 Å². The first-order valence-corrected chi connectivity index (χ1v) is 6.82. The molecule has 0 aliphatic rings. The van der Waals surface area contributed by atoms with E-state index in [4.69, 9.17) is 0 Å². The number of anilines is 1. The molecule has 0 radical (unpaired) electrons. The second-order valence-electron chi connectivity index (χ2n) is 4.26. The monoisotopic (exact) mass is 302 g/mol. The molecular formula is C12H10N6O2S. The summed E-state index contributed by atoms with van der Waals surface area (Å²) in [6, 6.07) is 5.22. The third kappa shape index (κ3) is 2.72. The van der Waals surface area contributed by atoms with Gasteiger partial charge in [-0.3, -0.25) is 10.1 Å². The number of benzene rings is 1. The summed E-state index contributed by atoms with van der Waals surface area (Å²) in [6.45, 7) is 1.92. The fourth-order valence-corrected chi connectivity index (χ4v) is 2.53. The van der Waals surface area contributed by atoms with Crippen molar-refractivity contribution < 1.29 is 9.90 Å². The quantitative estimate of drug-likeness (QED) is 0.676. The van der Waals surface area contributed by atoms with Crippen molar-refractivity contribution in [2.45, 2.75) is 6.92 Å². The summed E-state index contributed by atoms with van der Waals surface area (Å²) in [5.41, 5.74) is 1.82. The molecular weight excluding hydrogens is 292 g/mol. The molecule has 0 saturated carbocycles. The van der Waals surface area contributed by atoms with Crippen LogP contribution in [0.5, 0.6) is 5.75 Å². The number of carbonyl (C=O) groups excluding carboxylic acids is 1. The van der Waals surface area contributed by atoms with Crippen molar-refractivity contribution in [3.63, 3.8) is 0 Å². The number of thiazole rings is 1. The number of nitrogens with one attached hydrogen (secondary N) is 2. The SMILES string of the molecule is Cc1ccc(O)c(-c2nc(C(=O)Nc3nnn[nH]3)cs2)c1. The predicted octanol–water partition coefficient (Wildman–Crippen LogP) is 1.59. The standard InChI is InChI=1S/C12H10N6O2S/c1-6-2-3-9(19)7(4-6)11-13-8(5-21-11)10(20)14-12-15-17-18-16-12/h2-5,19H,1H3,(H2,14,15,16,17,18,20). The number of nitrogens with zero attached hydrogens (tertiary/aromatic N) is 4. The largest absolute Gasteiger partial charge is 0.507 e. The Labute approximate surface area is 122 Å². The molecule has 1 amide bonds. The lowest BCUT2D eigenvalue weighted by atomic mass is 10.1. The van der Waals surface area contributed by atoms with Crippen molar-refractivity contribution in [2.24, 2.45) is 0 Å². The Bertz CT molecular complexity index is 783. The molecule has 0 spiro atoms. The molecule has 0 fully saturated rings. The van der Waals surface area contributed by atoms with Crippen molar-refractivity contribution >= 4 is 23.2 Å². The van der Waals surface area contributed by atoms with Gasteiger partial charge in [0.25, 0.3) is 5.91 Å². The molecule has 3 rings (SSSR count). The molecule has 0 aliphatic heterocycles. The molecule has 0 aliphatic carbocycles. The van der Waals surface area contributed by atoms with Crippen LogP contribution in [0.1, 0.15) is 16.1 Å². The highest BCUT2D eigenvalue weighted by atomic mass is 32.1. The number of hydrogen-bond donors (Lipinski definition) is 3. The second-order valence-corrected chi connectivity index (χ2v) is 5.12. The van der Waals surface area contributed by atoms with Gasteiger partial charge in [-0.1, -0.05) is 16.7 Å². The molecule has 2 aromatic heterocycles. The van der Waals surface area contributed by atoms with Gasteiger partial charge >= 0.3 is 0 Å². The van der Waals surface area contributed by atoms with Crippen LogP contribution in [-0.2, 0) is 0 Å². The van der Waals surface area contributed by atoms with Gasteiger partial charge in [-0.15, -0.1) is 11.3 Å². The molecule has 9 heteroatoms. The number of aromatic hydroxyl groups is 1. The van der Waals surface area contributed by atoms with Crippen LogP contribution in [0.4, 0.5) is 5.95 Å². The number of tetrazole rings is 1. The fourth-order valence-electron chi connectivity index (χ4n) is 1.71. The first-order valence-electron chi connectivity index (χ1n) is 5.94. The van der Waals surface area contributed by atoms with Gasteiger partial charge in [0.1, 0.15) is 16.5 Å². The molecule has 3 aromatic rings. The van der Waals surface area contributed by atoms with Gasteiger partial charge < -0.3 is 5.11 Å². The van der Waals surface area contributed by atoms with E-state index in [9.17, 15) is 9.90 Å². The number of aromatic nitrogens is 5. The van der Waals surface area contributed by atoms with E-state index >= 15 is 0 Å². The lowest BCUT2D eigenvalue weighted by Crippen LogP contribution is -2.13. The van der Waals surface area contributed by atoms with Crippen molar-refractivity contribution in [3.05, 3.63) is 34.8 Å². The number of aromatic amines is 1. The summed E-state index contributed by atoms with van der Waals surface area (Å²) in [7, 11) is 0. The Morgan fingerprint density at radius 2 is 2.29 bits per heavy atom. The van der Waals surface area contributed by atoms with Crippen molar-refractivity contribution in [1.82, 2.24) is 25.6 Å². The van der Waals surface area contributed by atoms with Crippen molar-refractivity contribution in [2.75, 3.05) is 5.32 Å². The first-order chi connectivity index (χ1) is 10.1. The average molecular weight is 302 g/mol. The van der Waals surface area contributed by atoms with Gasteiger partial charge in [-0.25, -0.2) is 10.1 Å². The smallest absolute Gasteiger partial charge is 0.277 e. The Hall–Kier alpha value is -2.81. The Morgan fingerprint density at radius 3 is 3.05 bits per heavy atom. The van der Waals surface area contributed by atoms with Crippen LogP contribution < -0.4 is 5.32 Å². The zero-order valence-corrected chi connectivity index (χ0v) is 11.7. The molecule has 0 saturated heterocycles. The van der Waals surface area contributed by atoms with E-state index in [0.717, 1.165) is 5.56 Å². The minimum atomic E-state index is -0.428. The lowest BCUT2D eigenvalue weighted by Gasteiger charge is -2.02. The minimum Gasteiger partial charge on any atom is -0.507 e. The summed E-state index contributed by atoms with van der Waals surface area (Å²) in [6.07, 6.45) is 0. The number of amides is 1. The van der Waals surface area contributed by atoms with E-state index in [1.54, 1.807) is 17.5 Å². The Kier molecular flexibility index (Phi) is 3.32. The zero-order valence-electron chi connectivity index (χ0n) is 10.9. The maximum absolute atomic E-state index is 12.0. The molecule has 21 heavy (non-hydrogen) atoms. The van der Waals surface area contributed by atoms with E-state index in [0.29, 0.717) is 10.6 Å². The minimum absolute atomic E-state index is 0.126. The number of phenols is 1. The Balaban J connectivity index is 1.86. The van der Waals surface area contributed by atoms with Crippen LogP contribution in [0.2, 0.25) is 0 Å². The van der Waals surface area contributed by atoms with Crippen LogP contribution in [0.25, 0.3) is 10.6 Å². The highest BCUT2D eigenvalue weighted by molar-refractivity contribution is 7.13. The van der Waals surface area contributed by atoms with E-state index in [1.807, 2.05) is 13.0 Å². The van der Waals surface area contributed by atoms with Gasteiger partial charge in [0, 0.05) is 5.38 Å². The van der Waals surface area contributed by atoms with Crippen LogP contribution in [-0.4, -0.2) is 36.6 Å². The lowest BCUT2D eigenvalue weighted by molar-refractivity contribution is 0.102. The van der Waals surface area contributed by atoms with Gasteiger partial charge in [0.15, 0.2) is 0 Å². The number of carbonyl (C=O) groups is 1. The summed E-state index contributed by atoms with van der Waals surface area (Å²) < 4.78 is 0. The molecule has 2 heterocycles. The third-order valence-electron chi connectivity index (χ3n) is 2.70. The summed E-state index contributed by atoms with van der Waals surface area (Å²) in [4.78, 5) is 16.2. The Morgan fingerprint density at radius 1 is 1.43 bits per heavy atom. The van der Waals surface area contributed by atoms with Gasteiger partial charge in [-0.2, -0.15) is 0 Å². The maximum Gasteiger partial charge on any atom is 0.277 e. The molecule has 3 N–H and O–H groups in total. The number of hydrogen-bond acceptors (Lipinski definition) is 7. The molecule has 8 nitrogen and oxygen atoms in total. The summed E-state index contributed by atoms with van der Waals surface area (Å²) >= 11 is 1.27. The average Bonchev–Trinajstić information content (AvgIpc) is 3.12. The zero-order chi connectivity index (χ0) is 14.8. The van der Waals surface area contributed by atoms with Crippen molar-refractivity contribution in [1.29, 1.82) is 0 Å². The molecule has 0 atom stereocenters. The number of phenolic OH excluding ortho intramolecular Hbond substituents is 1. The van der Waals surface area contributed by atoms with E-state index in [1.165, 1.54) is 11.3 Å². The topological polar surface area (TPSA) is 117 Å². The number of aryl methyl sites for hydroxylation is 1. The molecule has 0 bridgehead atoms. The molecule has 106 valence electrons. The van der Waals surface area contributed by atoms with Gasteiger partial charge in [0.2, 0.25) is 5.95 Å². The fraction of sp³-hybridized carbons (Fsp3) is 0.0833. The first kappa shape index (κ1) is 13.2. The van der Waals surface area contributed by atoms with Crippen molar-refractivity contribution in [3.8, 4) is 16.3 Å². The molecule has 0 unspecified atom stereocenters. The van der Waals surface area contributed by atoms with Gasteiger partial charge in [0.05, 0.1) is 5.56 Å². The van der Waals surface area contributed by atoms with Crippen LogP contribution in [0.3, 0.4) is 0 Å². The summed E-state index contributed by atoms with van der Waals surface area (Å²) in [5, 5.41) is 27.2. The van der Waals surface area contributed by atoms with Crippen LogP contribution in [0, 0.1) is 6.92 Å². The third-order valence-corrected chi connectivity index (χ3v) is 3.57. The summed E-state index contributed by atoms with van der Waals surface area (Å²) in [5.74, 6) is -0.155. The number of rotatable bonds is 3. The van der Waals surface area contributed by atoms with Gasteiger partial charge in [-0.05, 0) is 29.5 Å². The highest BCUT2D eigenvalue weighted by Gasteiger charge is 2.15. The van der Waals surface area contributed by atoms with Crippen LogP contribution in [0.15, 0.2) is 23.6 Å². The highest BCUT2D eigenvalue weighted by Crippen LogP contribution is 2.32. The van der Waals surface area contributed by atoms with E-state index < -0.39 is 5.91 Å². The number of H-pyrrole nitrogens is 1. The predicted molar refractivity (Wildman–Crippen MR) is 76.1 cm³/mol.